The van der Waals surface area contributed by atoms with Crippen LogP contribution in [0, 0.1) is 17.3 Å². The van der Waals surface area contributed by atoms with E-state index in [4.69, 9.17) is 0 Å². The Bertz CT molecular complexity index is 277. The molecule has 0 aromatic carbocycles. The average Bonchev–Trinajstić information content (AvgIpc) is 2.19. The first-order valence-electron chi connectivity index (χ1n) is 5.81. The third-order valence-corrected chi connectivity index (χ3v) is 2.95. The van der Waals surface area contributed by atoms with Crippen LogP contribution in [0.5, 0.6) is 0 Å². The van der Waals surface area contributed by atoms with E-state index in [1.54, 1.807) is 6.92 Å². The first-order valence-corrected chi connectivity index (χ1v) is 5.81. The van der Waals surface area contributed by atoms with Crippen molar-refractivity contribution in [3.63, 3.8) is 0 Å². The van der Waals surface area contributed by atoms with Crippen LogP contribution in [0.2, 0.25) is 0 Å². The molecule has 0 unspecified atom stereocenters. The zero-order chi connectivity index (χ0) is 11.3. The Kier molecular flexibility index (Phi) is 4.20. The fourth-order valence-corrected chi connectivity index (χ4v) is 1.98. The summed E-state index contributed by atoms with van der Waals surface area (Å²) in [6, 6.07) is 0.379. The molecule has 15 heavy (non-hydrogen) atoms. The van der Waals surface area contributed by atoms with E-state index in [0.717, 1.165) is 12.8 Å². The maximum Gasteiger partial charge on any atom is 0.237 e. The van der Waals surface area contributed by atoms with Crippen molar-refractivity contribution in [1.29, 1.82) is 0 Å². The van der Waals surface area contributed by atoms with Crippen molar-refractivity contribution in [3.05, 3.63) is 0 Å². The topological polar surface area (TPSA) is 29.1 Å². The number of hydrogen-bond acceptors (Lipinski definition) is 1. The van der Waals surface area contributed by atoms with Gasteiger partial charge in [0.1, 0.15) is 5.41 Å². The summed E-state index contributed by atoms with van der Waals surface area (Å²) in [4.78, 5) is 11.9. The molecule has 1 saturated carbocycles. The van der Waals surface area contributed by atoms with Crippen LogP contribution in [0.25, 0.3) is 0 Å². The minimum Gasteiger partial charge on any atom is -0.352 e. The van der Waals surface area contributed by atoms with E-state index in [1.807, 2.05) is 13.8 Å². The molecule has 2 nitrogen and oxygen atoms in total. The first-order chi connectivity index (χ1) is 7.06. The van der Waals surface area contributed by atoms with Crippen LogP contribution in [-0.2, 0) is 4.79 Å². The van der Waals surface area contributed by atoms with Gasteiger partial charge in [-0.05, 0) is 33.6 Å². The Hall–Kier alpha value is -0.970. The van der Waals surface area contributed by atoms with E-state index in [0.29, 0.717) is 6.04 Å². The maximum atomic E-state index is 11.9. The summed E-state index contributed by atoms with van der Waals surface area (Å²) in [7, 11) is 0. The third kappa shape index (κ3) is 3.58. The summed E-state index contributed by atoms with van der Waals surface area (Å²) in [5.41, 5.74) is -0.549. The lowest BCUT2D eigenvalue weighted by atomic mass is 9.90. The average molecular weight is 207 g/mol. The fraction of sp³-hybridized carbons (Fsp3) is 0.769. The molecule has 0 aromatic rings. The Morgan fingerprint density at radius 1 is 1.27 bits per heavy atom. The van der Waals surface area contributed by atoms with Crippen LogP contribution in [0.15, 0.2) is 0 Å². The highest BCUT2D eigenvalue weighted by atomic mass is 16.2. The van der Waals surface area contributed by atoms with Gasteiger partial charge in [-0.15, -0.1) is 5.92 Å². The molecule has 0 radical (unpaired) electrons. The molecule has 1 aliphatic rings. The minimum absolute atomic E-state index is 0.0729. The molecule has 1 amide bonds. The Morgan fingerprint density at radius 2 is 1.87 bits per heavy atom. The van der Waals surface area contributed by atoms with E-state index in [2.05, 4.69) is 17.2 Å². The molecular weight excluding hydrogens is 186 g/mol. The molecule has 1 rings (SSSR count). The highest BCUT2D eigenvalue weighted by molar-refractivity contribution is 5.85. The highest BCUT2D eigenvalue weighted by Gasteiger charge is 2.27. The summed E-state index contributed by atoms with van der Waals surface area (Å²) in [6.07, 6.45) is 6.04. The summed E-state index contributed by atoms with van der Waals surface area (Å²) in [6.45, 7) is 5.53. The normalized spacial score (nSPS) is 17.8. The molecule has 84 valence electrons. The second-order valence-electron chi connectivity index (χ2n) is 4.81. The van der Waals surface area contributed by atoms with E-state index < -0.39 is 5.41 Å². The summed E-state index contributed by atoms with van der Waals surface area (Å²) in [5.74, 6) is 5.84. The van der Waals surface area contributed by atoms with Crippen molar-refractivity contribution >= 4 is 5.91 Å². The van der Waals surface area contributed by atoms with Gasteiger partial charge in [-0.3, -0.25) is 4.79 Å². The predicted octanol–water partition coefficient (Wildman–Crippen LogP) is 2.48. The van der Waals surface area contributed by atoms with Crippen LogP contribution in [-0.4, -0.2) is 11.9 Å². The van der Waals surface area contributed by atoms with Gasteiger partial charge in [0.25, 0.3) is 0 Å². The molecule has 0 bridgehead atoms. The highest BCUT2D eigenvalue weighted by Crippen LogP contribution is 2.20. The van der Waals surface area contributed by atoms with Crippen molar-refractivity contribution in [2.24, 2.45) is 5.41 Å². The zero-order valence-electron chi connectivity index (χ0n) is 10.0. The molecule has 1 aliphatic carbocycles. The molecule has 0 aliphatic heterocycles. The zero-order valence-corrected chi connectivity index (χ0v) is 10.0. The molecule has 0 heterocycles. The Morgan fingerprint density at radius 3 is 2.40 bits per heavy atom. The fourth-order valence-electron chi connectivity index (χ4n) is 1.98. The number of rotatable bonds is 2. The molecule has 1 fully saturated rings. The van der Waals surface area contributed by atoms with Gasteiger partial charge in [0.05, 0.1) is 0 Å². The number of hydrogen-bond donors (Lipinski definition) is 1. The maximum absolute atomic E-state index is 11.9. The SMILES string of the molecule is CC#CC(C)(C)C(=O)NC1CCCCC1. The van der Waals surface area contributed by atoms with Gasteiger partial charge in [0.15, 0.2) is 0 Å². The van der Waals surface area contributed by atoms with E-state index >= 15 is 0 Å². The lowest BCUT2D eigenvalue weighted by Gasteiger charge is -2.26. The molecule has 1 N–H and O–H groups in total. The van der Waals surface area contributed by atoms with Crippen molar-refractivity contribution in [2.45, 2.75) is 58.9 Å². The summed E-state index contributed by atoms with van der Waals surface area (Å²) >= 11 is 0. The monoisotopic (exact) mass is 207 g/mol. The quantitative estimate of drug-likeness (QED) is 0.692. The van der Waals surface area contributed by atoms with Gasteiger partial charge in [0.2, 0.25) is 5.91 Å². The lowest BCUT2D eigenvalue weighted by molar-refractivity contribution is -0.127. The van der Waals surface area contributed by atoms with E-state index in [9.17, 15) is 4.79 Å². The van der Waals surface area contributed by atoms with Crippen molar-refractivity contribution in [1.82, 2.24) is 5.32 Å². The molecule has 0 spiro atoms. The van der Waals surface area contributed by atoms with Crippen LogP contribution in [0.3, 0.4) is 0 Å². The van der Waals surface area contributed by atoms with Crippen molar-refractivity contribution in [3.8, 4) is 11.8 Å². The van der Waals surface area contributed by atoms with Crippen LogP contribution in [0.1, 0.15) is 52.9 Å². The van der Waals surface area contributed by atoms with Crippen molar-refractivity contribution in [2.75, 3.05) is 0 Å². The molecular formula is C13H21NO. The first kappa shape index (κ1) is 12.1. The van der Waals surface area contributed by atoms with Gasteiger partial charge in [-0.25, -0.2) is 0 Å². The van der Waals surface area contributed by atoms with Gasteiger partial charge in [-0.1, -0.05) is 25.2 Å². The number of amides is 1. The number of carbonyl (C=O) groups is 1. The van der Waals surface area contributed by atoms with Crippen LogP contribution < -0.4 is 5.32 Å². The minimum atomic E-state index is -0.549. The predicted molar refractivity (Wildman–Crippen MR) is 62.2 cm³/mol. The molecule has 2 heteroatoms. The van der Waals surface area contributed by atoms with E-state index in [1.165, 1.54) is 19.3 Å². The van der Waals surface area contributed by atoms with Gasteiger partial charge in [0, 0.05) is 6.04 Å². The second kappa shape index (κ2) is 5.21. The van der Waals surface area contributed by atoms with E-state index in [-0.39, 0.29) is 5.91 Å². The van der Waals surface area contributed by atoms with Crippen LogP contribution in [0.4, 0.5) is 0 Å². The molecule has 0 saturated heterocycles. The van der Waals surface area contributed by atoms with Gasteiger partial charge < -0.3 is 5.32 Å². The number of nitrogens with one attached hydrogen (secondary N) is 1. The van der Waals surface area contributed by atoms with Gasteiger partial charge in [-0.2, -0.15) is 0 Å². The van der Waals surface area contributed by atoms with Crippen molar-refractivity contribution < 1.29 is 4.79 Å². The third-order valence-electron chi connectivity index (χ3n) is 2.95. The Balaban J connectivity index is 2.49. The lowest BCUT2D eigenvalue weighted by Crippen LogP contribution is -2.43. The largest absolute Gasteiger partial charge is 0.352 e. The smallest absolute Gasteiger partial charge is 0.237 e. The summed E-state index contributed by atoms with van der Waals surface area (Å²) in [5, 5.41) is 3.10. The summed E-state index contributed by atoms with van der Waals surface area (Å²) < 4.78 is 0. The standard InChI is InChI=1S/C13H21NO/c1-4-10-13(2,3)12(15)14-11-8-6-5-7-9-11/h11H,5-9H2,1-3H3,(H,14,15). The second-order valence-corrected chi connectivity index (χ2v) is 4.81. The van der Waals surface area contributed by atoms with Gasteiger partial charge >= 0.3 is 0 Å². The molecule has 0 aromatic heterocycles. The van der Waals surface area contributed by atoms with Crippen LogP contribution >= 0.6 is 0 Å². The Labute approximate surface area is 92.8 Å². The molecule has 0 atom stereocenters. The number of carbonyl (C=O) groups excluding carboxylic acids is 1.